The van der Waals surface area contributed by atoms with Gasteiger partial charge in [-0.1, -0.05) is 6.07 Å². The standard InChI is InChI=1S/C10H12N4O/c1-2-15-10-5-3-4-9(12-10)14-7-6-8(11)13-14/h3-7H,2H2,1H3,(H2,11,13). The van der Waals surface area contributed by atoms with Gasteiger partial charge in [-0.05, 0) is 13.0 Å². The van der Waals surface area contributed by atoms with Crippen LogP contribution in [0.1, 0.15) is 6.92 Å². The molecule has 2 aromatic rings. The summed E-state index contributed by atoms with van der Waals surface area (Å²) in [6.45, 7) is 2.51. The van der Waals surface area contributed by atoms with Crippen LogP contribution in [0.25, 0.3) is 5.82 Å². The SMILES string of the molecule is CCOc1cccc(-n2ccc(N)n2)n1. The Bertz CT molecular complexity index is 452. The fourth-order valence-electron chi connectivity index (χ4n) is 1.23. The van der Waals surface area contributed by atoms with E-state index in [2.05, 4.69) is 10.1 Å². The van der Waals surface area contributed by atoms with E-state index in [1.54, 1.807) is 23.0 Å². The van der Waals surface area contributed by atoms with Gasteiger partial charge < -0.3 is 10.5 Å². The quantitative estimate of drug-likeness (QED) is 0.817. The predicted octanol–water partition coefficient (Wildman–Crippen LogP) is 1.25. The molecular weight excluding hydrogens is 192 g/mol. The Hall–Kier alpha value is -2.04. The Morgan fingerprint density at radius 1 is 1.40 bits per heavy atom. The van der Waals surface area contributed by atoms with E-state index < -0.39 is 0 Å². The van der Waals surface area contributed by atoms with E-state index in [9.17, 15) is 0 Å². The van der Waals surface area contributed by atoms with Crippen LogP contribution in [-0.2, 0) is 0 Å². The van der Waals surface area contributed by atoms with Crippen LogP contribution < -0.4 is 10.5 Å². The maximum absolute atomic E-state index is 5.52. The van der Waals surface area contributed by atoms with Gasteiger partial charge in [-0.2, -0.15) is 4.98 Å². The van der Waals surface area contributed by atoms with E-state index in [1.807, 2.05) is 19.1 Å². The summed E-state index contributed by atoms with van der Waals surface area (Å²) in [5.74, 6) is 1.75. The van der Waals surface area contributed by atoms with Crippen molar-refractivity contribution < 1.29 is 4.74 Å². The fraction of sp³-hybridized carbons (Fsp3) is 0.200. The van der Waals surface area contributed by atoms with Crippen molar-refractivity contribution in [2.45, 2.75) is 6.92 Å². The number of rotatable bonds is 3. The molecule has 2 rings (SSSR count). The molecule has 2 N–H and O–H groups in total. The molecule has 0 spiro atoms. The van der Waals surface area contributed by atoms with E-state index >= 15 is 0 Å². The van der Waals surface area contributed by atoms with Crippen molar-refractivity contribution in [2.75, 3.05) is 12.3 Å². The zero-order valence-corrected chi connectivity index (χ0v) is 8.42. The average molecular weight is 204 g/mol. The molecular formula is C10H12N4O. The van der Waals surface area contributed by atoms with Crippen LogP contribution in [-0.4, -0.2) is 21.4 Å². The van der Waals surface area contributed by atoms with Crippen molar-refractivity contribution in [3.05, 3.63) is 30.5 Å². The molecule has 0 bridgehead atoms. The lowest BCUT2D eigenvalue weighted by Crippen LogP contribution is -2.01. The Morgan fingerprint density at radius 3 is 2.93 bits per heavy atom. The van der Waals surface area contributed by atoms with E-state index in [-0.39, 0.29) is 0 Å². The van der Waals surface area contributed by atoms with Gasteiger partial charge in [0, 0.05) is 18.3 Å². The first-order chi connectivity index (χ1) is 7.29. The molecule has 5 heteroatoms. The van der Waals surface area contributed by atoms with Crippen LogP contribution in [0.4, 0.5) is 5.82 Å². The van der Waals surface area contributed by atoms with Gasteiger partial charge >= 0.3 is 0 Å². The largest absolute Gasteiger partial charge is 0.478 e. The molecule has 0 radical (unpaired) electrons. The van der Waals surface area contributed by atoms with Gasteiger partial charge in [0.1, 0.15) is 5.82 Å². The fourth-order valence-corrected chi connectivity index (χ4v) is 1.23. The molecule has 0 amide bonds. The maximum Gasteiger partial charge on any atom is 0.215 e. The third kappa shape index (κ3) is 2.07. The number of nitrogens with two attached hydrogens (primary N) is 1. The number of aromatic nitrogens is 3. The lowest BCUT2D eigenvalue weighted by atomic mass is 10.4. The van der Waals surface area contributed by atoms with Crippen molar-refractivity contribution in [2.24, 2.45) is 0 Å². The van der Waals surface area contributed by atoms with Crippen LogP contribution in [0.15, 0.2) is 30.5 Å². The van der Waals surface area contributed by atoms with Gasteiger partial charge in [0.25, 0.3) is 0 Å². The van der Waals surface area contributed by atoms with Crippen LogP contribution in [0.2, 0.25) is 0 Å². The Labute approximate surface area is 87.5 Å². The molecule has 0 atom stereocenters. The van der Waals surface area contributed by atoms with Gasteiger partial charge in [0.05, 0.1) is 6.61 Å². The molecule has 0 aliphatic carbocycles. The van der Waals surface area contributed by atoms with Crippen molar-refractivity contribution in [3.8, 4) is 11.7 Å². The first kappa shape index (κ1) is 9.51. The molecule has 0 fully saturated rings. The third-order valence-corrected chi connectivity index (χ3v) is 1.85. The van der Waals surface area contributed by atoms with Crippen molar-refractivity contribution in [3.63, 3.8) is 0 Å². The molecule has 0 aliphatic heterocycles. The van der Waals surface area contributed by atoms with Gasteiger partial charge in [0.15, 0.2) is 5.82 Å². The molecule has 15 heavy (non-hydrogen) atoms. The highest BCUT2D eigenvalue weighted by Gasteiger charge is 2.01. The Kier molecular flexibility index (Phi) is 2.53. The number of hydrogen-bond acceptors (Lipinski definition) is 4. The van der Waals surface area contributed by atoms with Gasteiger partial charge in [-0.25, -0.2) is 4.68 Å². The topological polar surface area (TPSA) is 66.0 Å². The summed E-state index contributed by atoms with van der Waals surface area (Å²) >= 11 is 0. The highest BCUT2D eigenvalue weighted by atomic mass is 16.5. The predicted molar refractivity (Wildman–Crippen MR) is 56.9 cm³/mol. The second kappa shape index (κ2) is 4.00. The van der Waals surface area contributed by atoms with Crippen molar-refractivity contribution in [1.82, 2.24) is 14.8 Å². The van der Waals surface area contributed by atoms with Crippen LogP contribution in [0.3, 0.4) is 0 Å². The summed E-state index contributed by atoms with van der Waals surface area (Å²) in [7, 11) is 0. The number of nitrogens with zero attached hydrogens (tertiary/aromatic N) is 3. The van der Waals surface area contributed by atoms with Crippen LogP contribution >= 0.6 is 0 Å². The van der Waals surface area contributed by atoms with Gasteiger partial charge in [-0.3, -0.25) is 0 Å². The molecule has 0 saturated carbocycles. The highest BCUT2D eigenvalue weighted by Crippen LogP contribution is 2.11. The number of nitrogen functional groups attached to an aromatic ring is 1. The van der Waals surface area contributed by atoms with Crippen LogP contribution in [0, 0.1) is 0 Å². The number of hydrogen-bond donors (Lipinski definition) is 1. The van der Waals surface area contributed by atoms with Crippen LogP contribution in [0.5, 0.6) is 5.88 Å². The lowest BCUT2D eigenvalue weighted by molar-refractivity contribution is 0.326. The molecule has 0 saturated heterocycles. The molecule has 2 aromatic heterocycles. The van der Waals surface area contributed by atoms with E-state index in [0.717, 1.165) is 0 Å². The molecule has 78 valence electrons. The second-order valence-electron chi connectivity index (χ2n) is 2.95. The number of ether oxygens (including phenoxy) is 1. The summed E-state index contributed by atoms with van der Waals surface area (Å²) in [4.78, 5) is 4.27. The summed E-state index contributed by atoms with van der Waals surface area (Å²) in [5.41, 5.74) is 5.52. The number of pyridine rings is 1. The first-order valence-electron chi connectivity index (χ1n) is 4.71. The average Bonchev–Trinajstić information content (AvgIpc) is 2.66. The smallest absolute Gasteiger partial charge is 0.215 e. The summed E-state index contributed by atoms with van der Waals surface area (Å²) in [6.07, 6.45) is 1.76. The summed E-state index contributed by atoms with van der Waals surface area (Å²) in [6, 6.07) is 7.23. The van der Waals surface area contributed by atoms with E-state index in [1.165, 1.54) is 0 Å². The van der Waals surface area contributed by atoms with Gasteiger partial charge in [0.2, 0.25) is 5.88 Å². The van der Waals surface area contributed by atoms with Crippen molar-refractivity contribution >= 4 is 5.82 Å². The minimum atomic E-state index is 0.471. The summed E-state index contributed by atoms with van der Waals surface area (Å²) < 4.78 is 6.90. The molecule has 5 nitrogen and oxygen atoms in total. The molecule has 0 aromatic carbocycles. The Balaban J connectivity index is 2.32. The number of anilines is 1. The van der Waals surface area contributed by atoms with E-state index in [0.29, 0.717) is 24.1 Å². The van der Waals surface area contributed by atoms with Crippen molar-refractivity contribution in [1.29, 1.82) is 0 Å². The van der Waals surface area contributed by atoms with Gasteiger partial charge in [-0.15, -0.1) is 5.10 Å². The minimum Gasteiger partial charge on any atom is -0.478 e. The normalized spacial score (nSPS) is 10.2. The third-order valence-electron chi connectivity index (χ3n) is 1.85. The first-order valence-corrected chi connectivity index (χ1v) is 4.71. The monoisotopic (exact) mass is 204 g/mol. The second-order valence-corrected chi connectivity index (χ2v) is 2.95. The molecule has 0 aliphatic rings. The lowest BCUT2D eigenvalue weighted by Gasteiger charge is -2.04. The minimum absolute atomic E-state index is 0.471. The maximum atomic E-state index is 5.52. The molecule has 2 heterocycles. The van der Waals surface area contributed by atoms with E-state index in [4.69, 9.17) is 10.5 Å². The Morgan fingerprint density at radius 2 is 2.27 bits per heavy atom. The zero-order chi connectivity index (χ0) is 10.7. The zero-order valence-electron chi connectivity index (χ0n) is 8.42. The summed E-state index contributed by atoms with van der Waals surface area (Å²) in [5, 5.41) is 4.06. The molecule has 0 unspecified atom stereocenters. The highest BCUT2D eigenvalue weighted by molar-refractivity contribution is 5.31.